The molecule has 2 aromatic carbocycles. The molecule has 8 heteroatoms. The molecule has 0 aliphatic heterocycles. The number of hydrogen-bond donors (Lipinski definition) is 1. The minimum Gasteiger partial charge on any atom is -0.491 e. The van der Waals surface area contributed by atoms with Crippen molar-refractivity contribution in [2.75, 3.05) is 39.5 Å². The monoisotopic (exact) mass is 429 g/mol. The molecule has 3 rings (SSSR count). The second-order valence-corrected chi connectivity index (χ2v) is 6.15. The quantitative estimate of drug-likeness (QED) is 0.297. The Morgan fingerprint density at radius 1 is 1.07 bits per heavy atom. The van der Waals surface area contributed by atoms with Gasteiger partial charge in [0.1, 0.15) is 31.3 Å². The summed E-state index contributed by atoms with van der Waals surface area (Å²) in [6, 6.07) is 11.4. The Kier molecular flexibility index (Phi) is 9.32. The van der Waals surface area contributed by atoms with Crippen LogP contribution in [0.15, 0.2) is 42.7 Å². The first kappa shape index (κ1) is 23.4. The highest BCUT2D eigenvalue weighted by molar-refractivity contribution is 5.92. The largest absolute Gasteiger partial charge is 0.491 e. The summed E-state index contributed by atoms with van der Waals surface area (Å²) < 4.78 is 21.4. The first-order valence-corrected chi connectivity index (χ1v) is 9.05. The topological polar surface area (TPSA) is 74.7 Å². The van der Waals surface area contributed by atoms with E-state index in [1.807, 2.05) is 36.4 Å². The molecule has 0 radical (unpaired) electrons. The summed E-state index contributed by atoms with van der Waals surface area (Å²) in [5.74, 6) is 3.98. The summed E-state index contributed by atoms with van der Waals surface area (Å²) in [5, 5.41) is 4.16. The molecule has 1 N–H and O–H groups in total. The molecule has 3 aromatic rings. The van der Waals surface area contributed by atoms with Gasteiger partial charge in [-0.15, -0.1) is 18.8 Å². The lowest BCUT2D eigenvalue weighted by molar-refractivity contribution is -0.0396. The third-order valence-corrected chi connectivity index (χ3v) is 4.11. The van der Waals surface area contributed by atoms with Crippen molar-refractivity contribution in [1.29, 1.82) is 0 Å². The number of halogens is 1. The van der Waals surface area contributed by atoms with E-state index in [2.05, 4.69) is 21.2 Å². The predicted octanol–water partition coefficient (Wildman–Crippen LogP) is 3.92. The normalized spacial score (nSPS) is 10.3. The van der Waals surface area contributed by atoms with Gasteiger partial charge in [-0.1, -0.05) is 12.0 Å². The van der Waals surface area contributed by atoms with Crippen LogP contribution in [0.5, 0.6) is 5.75 Å². The zero-order valence-electron chi connectivity index (χ0n) is 16.9. The maximum atomic E-state index is 5.86. The Labute approximate surface area is 182 Å². The lowest BCUT2D eigenvalue weighted by Crippen LogP contribution is -2.07. The standard InChI is InChI=1S/C22H23N3O4.ClH/c1-4-16-6-5-7-18(10-16)25-22-19-11-17(13-28-15-27-3)21(29-9-8-26-2)12-20(19)23-14-24-22;/h1,5-7,10-12,14H,8-9,13,15H2,2-3H3,(H,23,24,25);1H. The number of benzene rings is 2. The number of anilines is 2. The van der Waals surface area contributed by atoms with Crippen LogP contribution in [0.3, 0.4) is 0 Å². The number of hydrogen-bond acceptors (Lipinski definition) is 7. The van der Waals surface area contributed by atoms with Crippen molar-refractivity contribution in [3.05, 3.63) is 53.9 Å². The van der Waals surface area contributed by atoms with Crippen molar-refractivity contribution in [1.82, 2.24) is 9.97 Å². The molecule has 0 saturated carbocycles. The molecule has 0 aliphatic carbocycles. The van der Waals surface area contributed by atoms with Crippen molar-refractivity contribution in [3.63, 3.8) is 0 Å². The van der Waals surface area contributed by atoms with Crippen molar-refractivity contribution in [3.8, 4) is 18.1 Å². The van der Waals surface area contributed by atoms with E-state index in [0.29, 0.717) is 31.4 Å². The van der Waals surface area contributed by atoms with Gasteiger partial charge in [-0.25, -0.2) is 9.97 Å². The third-order valence-electron chi connectivity index (χ3n) is 4.11. The molecule has 1 aromatic heterocycles. The van der Waals surface area contributed by atoms with Crippen LogP contribution in [0.25, 0.3) is 10.9 Å². The molecule has 0 spiro atoms. The van der Waals surface area contributed by atoms with Crippen LogP contribution in [-0.4, -0.2) is 44.2 Å². The number of nitrogens with zero attached hydrogens (tertiary/aromatic N) is 2. The second kappa shape index (κ2) is 12.0. The summed E-state index contributed by atoms with van der Waals surface area (Å²) in [7, 11) is 3.21. The highest BCUT2D eigenvalue weighted by Crippen LogP contribution is 2.30. The molecule has 0 bridgehead atoms. The minimum absolute atomic E-state index is 0. The van der Waals surface area contributed by atoms with Crippen LogP contribution in [0.4, 0.5) is 11.5 Å². The maximum absolute atomic E-state index is 5.86. The van der Waals surface area contributed by atoms with E-state index < -0.39 is 0 Å². The molecule has 0 unspecified atom stereocenters. The molecular weight excluding hydrogens is 406 g/mol. The fourth-order valence-corrected chi connectivity index (χ4v) is 2.77. The molecule has 0 fully saturated rings. The smallest absolute Gasteiger partial charge is 0.146 e. The average Bonchev–Trinajstić information content (AvgIpc) is 2.75. The molecule has 1 heterocycles. The first-order chi connectivity index (χ1) is 14.2. The predicted molar refractivity (Wildman–Crippen MR) is 118 cm³/mol. The van der Waals surface area contributed by atoms with Crippen LogP contribution in [0.2, 0.25) is 0 Å². The van der Waals surface area contributed by atoms with E-state index in [0.717, 1.165) is 27.7 Å². The van der Waals surface area contributed by atoms with Gasteiger partial charge in [0.15, 0.2) is 0 Å². The molecule has 7 nitrogen and oxygen atoms in total. The number of nitrogens with one attached hydrogen (secondary N) is 1. The van der Waals surface area contributed by atoms with Gasteiger partial charge < -0.3 is 24.3 Å². The molecule has 0 amide bonds. The lowest BCUT2D eigenvalue weighted by atomic mass is 10.1. The van der Waals surface area contributed by atoms with Crippen LogP contribution in [-0.2, 0) is 20.8 Å². The van der Waals surface area contributed by atoms with Crippen LogP contribution in [0, 0.1) is 12.3 Å². The zero-order valence-corrected chi connectivity index (χ0v) is 17.7. The number of methoxy groups -OCH3 is 2. The van der Waals surface area contributed by atoms with Gasteiger partial charge >= 0.3 is 0 Å². The summed E-state index contributed by atoms with van der Waals surface area (Å²) in [5.41, 5.74) is 3.24. The van der Waals surface area contributed by atoms with E-state index in [-0.39, 0.29) is 19.2 Å². The van der Waals surface area contributed by atoms with Gasteiger partial charge in [0.05, 0.1) is 18.7 Å². The van der Waals surface area contributed by atoms with Gasteiger partial charge in [0, 0.05) is 42.5 Å². The summed E-state index contributed by atoms with van der Waals surface area (Å²) >= 11 is 0. The number of ether oxygens (including phenoxy) is 4. The van der Waals surface area contributed by atoms with Gasteiger partial charge in [-0.2, -0.15) is 0 Å². The zero-order chi connectivity index (χ0) is 20.5. The first-order valence-electron chi connectivity index (χ1n) is 9.05. The summed E-state index contributed by atoms with van der Waals surface area (Å²) in [4.78, 5) is 8.78. The van der Waals surface area contributed by atoms with Gasteiger partial charge in [0.2, 0.25) is 0 Å². The third kappa shape index (κ3) is 6.05. The van der Waals surface area contributed by atoms with Crippen LogP contribution in [0.1, 0.15) is 11.1 Å². The summed E-state index contributed by atoms with van der Waals surface area (Å²) in [6.45, 7) is 1.42. The Hall–Kier alpha value is -2.89. The maximum Gasteiger partial charge on any atom is 0.146 e. The number of terminal acetylenes is 1. The van der Waals surface area contributed by atoms with Crippen LogP contribution >= 0.6 is 12.4 Å². The van der Waals surface area contributed by atoms with Crippen LogP contribution < -0.4 is 10.1 Å². The highest BCUT2D eigenvalue weighted by Gasteiger charge is 2.12. The molecular formula is C22H24ClN3O4. The molecule has 0 saturated heterocycles. The summed E-state index contributed by atoms with van der Waals surface area (Å²) in [6.07, 6.45) is 7.01. The number of fused-ring (bicyclic) bond motifs is 1. The van der Waals surface area contributed by atoms with Crippen molar-refractivity contribution >= 4 is 34.8 Å². The van der Waals surface area contributed by atoms with E-state index >= 15 is 0 Å². The van der Waals surface area contributed by atoms with Crippen molar-refractivity contribution < 1.29 is 18.9 Å². The Morgan fingerprint density at radius 3 is 2.70 bits per heavy atom. The fourth-order valence-electron chi connectivity index (χ4n) is 2.77. The molecule has 0 aliphatic rings. The minimum atomic E-state index is 0. The average molecular weight is 430 g/mol. The highest BCUT2D eigenvalue weighted by atomic mass is 35.5. The SMILES string of the molecule is C#Cc1cccc(Nc2ncnc3cc(OCCOC)c(COCOC)cc23)c1.Cl. The van der Waals surface area contributed by atoms with E-state index in [4.69, 9.17) is 25.4 Å². The molecule has 30 heavy (non-hydrogen) atoms. The Bertz CT molecular complexity index is 1010. The number of rotatable bonds is 10. The molecule has 158 valence electrons. The lowest BCUT2D eigenvalue weighted by Gasteiger charge is -2.15. The van der Waals surface area contributed by atoms with E-state index in [1.165, 1.54) is 6.33 Å². The van der Waals surface area contributed by atoms with E-state index in [1.54, 1.807) is 14.2 Å². The Balaban J connectivity index is 0.00000320. The van der Waals surface area contributed by atoms with Crippen molar-refractivity contribution in [2.45, 2.75) is 6.61 Å². The molecule has 0 atom stereocenters. The van der Waals surface area contributed by atoms with Gasteiger partial charge in [-0.3, -0.25) is 0 Å². The number of aromatic nitrogens is 2. The van der Waals surface area contributed by atoms with Gasteiger partial charge in [-0.05, 0) is 24.3 Å². The Morgan fingerprint density at radius 2 is 1.93 bits per heavy atom. The fraction of sp³-hybridized carbons (Fsp3) is 0.273. The second-order valence-electron chi connectivity index (χ2n) is 6.15. The van der Waals surface area contributed by atoms with Gasteiger partial charge in [0.25, 0.3) is 0 Å². The van der Waals surface area contributed by atoms with Crippen molar-refractivity contribution in [2.24, 2.45) is 0 Å². The van der Waals surface area contributed by atoms with E-state index in [9.17, 15) is 0 Å².